The Morgan fingerprint density at radius 1 is 1.00 bits per heavy atom. The van der Waals surface area contributed by atoms with Gasteiger partial charge in [0.1, 0.15) is 0 Å². The smallest absolute Gasteiger partial charge is 0.0495 e. The van der Waals surface area contributed by atoms with E-state index in [1.807, 2.05) is 11.8 Å². The van der Waals surface area contributed by atoms with E-state index < -0.39 is 0 Å². The summed E-state index contributed by atoms with van der Waals surface area (Å²) in [6.07, 6.45) is 0.983. The molecule has 21 heavy (non-hydrogen) atoms. The summed E-state index contributed by atoms with van der Waals surface area (Å²) in [6.45, 7) is 8.62. The monoisotopic (exact) mass is 299 g/mol. The standard InChI is InChI=1S/C19H25NS/c1-5-17(20)19(16-8-6-7-13(2)11-16)21-18-12-14(3)9-10-15(18)4/h6-12,17,19H,5,20H2,1-4H3. The molecule has 0 fully saturated rings. The van der Waals surface area contributed by atoms with Gasteiger partial charge in [-0.05, 0) is 44.4 Å². The number of aryl methyl sites for hydroxylation is 3. The molecule has 0 spiro atoms. The molecule has 0 radical (unpaired) electrons. The maximum atomic E-state index is 6.41. The molecule has 2 heteroatoms. The van der Waals surface area contributed by atoms with Gasteiger partial charge in [-0.3, -0.25) is 0 Å². The van der Waals surface area contributed by atoms with Crippen LogP contribution in [0.25, 0.3) is 0 Å². The Bertz CT molecular complexity index is 606. The van der Waals surface area contributed by atoms with Gasteiger partial charge < -0.3 is 5.73 Å². The summed E-state index contributed by atoms with van der Waals surface area (Å²) >= 11 is 1.90. The van der Waals surface area contributed by atoms with E-state index in [0.29, 0.717) is 5.25 Å². The lowest BCUT2D eigenvalue weighted by atomic mass is 10.0. The van der Waals surface area contributed by atoms with Crippen molar-refractivity contribution in [3.8, 4) is 0 Å². The van der Waals surface area contributed by atoms with Crippen LogP contribution in [0.1, 0.15) is 40.8 Å². The molecular weight excluding hydrogens is 274 g/mol. The van der Waals surface area contributed by atoms with Crippen LogP contribution in [-0.4, -0.2) is 6.04 Å². The Kier molecular flexibility index (Phi) is 5.49. The van der Waals surface area contributed by atoms with E-state index in [-0.39, 0.29) is 6.04 Å². The van der Waals surface area contributed by atoms with Crippen LogP contribution in [0.4, 0.5) is 0 Å². The molecule has 0 bridgehead atoms. The summed E-state index contributed by atoms with van der Waals surface area (Å²) in [5.41, 5.74) is 11.7. The van der Waals surface area contributed by atoms with Crippen LogP contribution in [0.3, 0.4) is 0 Å². The number of hydrogen-bond donors (Lipinski definition) is 1. The summed E-state index contributed by atoms with van der Waals surface area (Å²) in [6, 6.07) is 15.5. The van der Waals surface area contributed by atoms with Gasteiger partial charge in [0.05, 0.1) is 0 Å². The van der Waals surface area contributed by atoms with Crippen molar-refractivity contribution >= 4 is 11.8 Å². The fourth-order valence-corrected chi connectivity index (χ4v) is 3.87. The molecule has 0 aliphatic carbocycles. The zero-order chi connectivity index (χ0) is 15.4. The van der Waals surface area contributed by atoms with Crippen molar-refractivity contribution in [2.45, 2.75) is 50.3 Å². The van der Waals surface area contributed by atoms with Crippen molar-refractivity contribution in [3.63, 3.8) is 0 Å². The molecule has 0 saturated carbocycles. The predicted octanol–water partition coefficient (Wildman–Crippen LogP) is 5.18. The molecule has 112 valence electrons. The van der Waals surface area contributed by atoms with Gasteiger partial charge in [-0.2, -0.15) is 0 Å². The van der Waals surface area contributed by atoms with E-state index >= 15 is 0 Å². The SMILES string of the molecule is CCC(N)C(Sc1cc(C)ccc1C)c1cccc(C)c1. The highest BCUT2D eigenvalue weighted by molar-refractivity contribution is 7.99. The molecule has 0 saturated heterocycles. The second kappa shape index (κ2) is 7.15. The predicted molar refractivity (Wildman–Crippen MR) is 94.0 cm³/mol. The van der Waals surface area contributed by atoms with Crippen molar-refractivity contribution in [2.75, 3.05) is 0 Å². The summed E-state index contributed by atoms with van der Waals surface area (Å²) < 4.78 is 0. The average Bonchev–Trinajstić information content (AvgIpc) is 2.47. The Hall–Kier alpha value is -1.25. The third-order valence-electron chi connectivity index (χ3n) is 3.83. The Balaban J connectivity index is 2.35. The minimum Gasteiger partial charge on any atom is -0.326 e. The largest absolute Gasteiger partial charge is 0.326 e. The third kappa shape index (κ3) is 4.12. The van der Waals surface area contributed by atoms with E-state index in [2.05, 4.69) is 70.2 Å². The van der Waals surface area contributed by atoms with Crippen LogP contribution >= 0.6 is 11.8 Å². The van der Waals surface area contributed by atoms with Gasteiger partial charge in [-0.1, -0.05) is 54.4 Å². The van der Waals surface area contributed by atoms with Crippen LogP contribution in [0, 0.1) is 20.8 Å². The Morgan fingerprint density at radius 2 is 1.71 bits per heavy atom. The lowest BCUT2D eigenvalue weighted by Crippen LogP contribution is -2.25. The summed E-state index contributed by atoms with van der Waals surface area (Å²) in [7, 11) is 0. The van der Waals surface area contributed by atoms with Crippen molar-refractivity contribution in [3.05, 3.63) is 64.7 Å². The molecular formula is C19H25NS. The Morgan fingerprint density at radius 3 is 2.38 bits per heavy atom. The Labute approximate surface area is 133 Å². The highest BCUT2D eigenvalue weighted by Gasteiger charge is 2.20. The highest BCUT2D eigenvalue weighted by Crippen LogP contribution is 2.40. The first-order valence-electron chi connectivity index (χ1n) is 7.57. The van der Waals surface area contributed by atoms with Gasteiger partial charge in [0.15, 0.2) is 0 Å². The molecule has 1 nitrogen and oxygen atoms in total. The second-order valence-electron chi connectivity index (χ2n) is 5.79. The van der Waals surface area contributed by atoms with Crippen molar-refractivity contribution in [2.24, 2.45) is 5.73 Å². The molecule has 2 unspecified atom stereocenters. The van der Waals surface area contributed by atoms with E-state index in [1.165, 1.54) is 27.1 Å². The zero-order valence-corrected chi connectivity index (χ0v) is 14.2. The lowest BCUT2D eigenvalue weighted by Gasteiger charge is -2.24. The molecule has 2 aromatic rings. The number of benzene rings is 2. The van der Waals surface area contributed by atoms with Gasteiger partial charge >= 0.3 is 0 Å². The summed E-state index contributed by atoms with van der Waals surface area (Å²) in [5.74, 6) is 0. The maximum Gasteiger partial charge on any atom is 0.0495 e. The minimum absolute atomic E-state index is 0.164. The van der Waals surface area contributed by atoms with Crippen LogP contribution in [0.5, 0.6) is 0 Å². The first-order valence-corrected chi connectivity index (χ1v) is 8.45. The van der Waals surface area contributed by atoms with E-state index in [9.17, 15) is 0 Å². The molecule has 0 heterocycles. The molecule has 0 aliphatic heterocycles. The van der Waals surface area contributed by atoms with E-state index in [1.54, 1.807) is 0 Å². The van der Waals surface area contributed by atoms with Crippen LogP contribution in [-0.2, 0) is 0 Å². The summed E-state index contributed by atoms with van der Waals surface area (Å²) in [4.78, 5) is 1.34. The lowest BCUT2D eigenvalue weighted by molar-refractivity contribution is 0.634. The van der Waals surface area contributed by atoms with Crippen molar-refractivity contribution in [1.82, 2.24) is 0 Å². The van der Waals surface area contributed by atoms with Gasteiger partial charge in [0.2, 0.25) is 0 Å². The van der Waals surface area contributed by atoms with Crippen LogP contribution in [0.2, 0.25) is 0 Å². The fraction of sp³-hybridized carbons (Fsp3) is 0.368. The second-order valence-corrected chi connectivity index (χ2v) is 6.98. The number of thioether (sulfide) groups is 1. The third-order valence-corrected chi connectivity index (χ3v) is 5.40. The van der Waals surface area contributed by atoms with Crippen molar-refractivity contribution < 1.29 is 0 Å². The average molecular weight is 299 g/mol. The van der Waals surface area contributed by atoms with Crippen LogP contribution < -0.4 is 5.73 Å². The molecule has 0 amide bonds. The first-order chi connectivity index (χ1) is 10.0. The highest BCUT2D eigenvalue weighted by atomic mass is 32.2. The minimum atomic E-state index is 0.164. The van der Waals surface area contributed by atoms with Crippen LogP contribution in [0.15, 0.2) is 47.4 Å². The quantitative estimate of drug-likeness (QED) is 0.770. The maximum absolute atomic E-state index is 6.41. The number of rotatable bonds is 5. The van der Waals surface area contributed by atoms with E-state index in [0.717, 1.165) is 6.42 Å². The number of hydrogen-bond acceptors (Lipinski definition) is 2. The molecule has 2 N–H and O–H groups in total. The van der Waals surface area contributed by atoms with Crippen molar-refractivity contribution in [1.29, 1.82) is 0 Å². The first kappa shape index (κ1) is 16.1. The molecule has 2 aromatic carbocycles. The van der Waals surface area contributed by atoms with Gasteiger partial charge in [0, 0.05) is 16.2 Å². The van der Waals surface area contributed by atoms with Gasteiger partial charge in [-0.25, -0.2) is 0 Å². The molecule has 2 rings (SSSR count). The molecule has 2 atom stereocenters. The van der Waals surface area contributed by atoms with Gasteiger partial charge in [-0.15, -0.1) is 11.8 Å². The topological polar surface area (TPSA) is 26.0 Å². The summed E-state index contributed by atoms with van der Waals surface area (Å²) in [5, 5.41) is 0.301. The zero-order valence-electron chi connectivity index (χ0n) is 13.4. The molecule has 0 aromatic heterocycles. The fourth-order valence-electron chi connectivity index (χ4n) is 2.43. The normalized spacial score (nSPS) is 14.0. The molecule has 0 aliphatic rings. The van der Waals surface area contributed by atoms with E-state index in [4.69, 9.17) is 5.73 Å². The van der Waals surface area contributed by atoms with Gasteiger partial charge in [0.25, 0.3) is 0 Å². The number of nitrogens with two attached hydrogens (primary N) is 1.